The SMILES string of the molecule is CCCCn1cc2c(n1)c(N)nc1ccc(CCCCCNC(C)(C)C)cc12. The van der Waals surface area contributed by atoms with Gasteiger partial charge in [0, 0.05) is 29.1 Å². The maximum Gasteiger partial charge on any atom is 0.152 e. The number of pyridine rings is 1. The Morgan fingerprint density at radius 1 is 1.07 bits per heavy atom. The quantitative estimate of drug-likeness (QED) is 0.508. The molecule has 1 aromatic carbocycles. The Bertz CT molecular complexity index is 920. The van der Waals surface area contributed by atoms with Crippen molar-refractivity contribution in [3.63, 3.8) is 0 Å². The number of nitrogens with two attached hydrogens (primary N) is 1. The van der Waals surface area contributed by atoms with E-state index in [9.17, 15) is 0 Å². The molecular formula is C23H35N5. The molecule has 0 aliphatic heterocycles. The van der Waals surface area contributed by atoms with Crippen LogP contribution >= 0.6 is 0 Å². The van der Waals surface area contributed by atoms with Gasteiger partial charge in [0.2, 0.25) is 0 Å². The van der Waals surface area contributed by atoms with E-state index in [1.807, 2.05) is 4.68 Å². The zero-order chi connectivity index (χ0) is 20.1. The molecule has 0 radical (unpaired) electrons. The van der Waals surface area contributed by atoms with Crippen LogP contribution in [0.2, 0.25) is 0 Å². The molecule has 0 saturated heterocycles. The third-order valence-corrected chi connectivity index (χ3v) is 5.13. The van der Waals surface area contributed by atoms with Gasteiger partial charge in [-0.1, -0.05) is 25.8 Å². The Balaban J connectivity index is 1.70. The molecule has 0 atom stereocenters. The van der Waals surface area contributed by atoms with Gasteiger partial charge in [-0.25, -0.2) is 4.98 Å². The summed E-state index contributed by atoms with van der Waals surface area (Å²) in [6.07, 6.45) is 9.17. The highest BCUT2D eigenvalue weighted by atomic mass is 15.3. The number of unbranched alkanes of at least 4 members (excludes halogenated alkanes) is 3. The van der Waals surface area contributed by atoms with Crippen LogP contribution in [-0.4, -0.2) is 26.8 Å². The Kier molecular flexibility index (Phi) is 6.55. The predicted octanol–water partition coefficient (Wildman–Crippen LogP) is 5.07. The van der Waals surface area contributed by atoms with Crippen molar-refractivity contribution in [3.05, 3.63) is 30.0 Å². The standard InChI is InChI=1S/C23H35N5/c1-5-6-14-28-16-19-18-15-17(10-8-7-9-13-25-23(2,3)4)11-12-20(18)26-22(24)21(19)27-28/h11-12,15-16,25H,5-10,13-14H2,1-4H3,(H2,24,26). The van der Waals surface area contributed by atoms with E-state index in [1.165, 1.54) is 30.2 Å². The number of nitrogens with one attached hydrogen (secondary N) is 1. The lowest BCUT2D eigenvalue weighted by molar-refractivity contribution is 0.417. The first-order valence-corrected chi connectivity index (χ1v) is 10.7. The van der Waals surface area contributed by atoms with Crippen molar-refractivity contribution < 1.29 is 0 Å². The molecule has 0 aliphatic carbocycles. The number of hydrogen-bond donors (Lipinski definition) is 2. The molecule has 5 heteroatoms. The van der Waals surface area contributed by atoms with Crippen molar-refractivity contribution in [2.45, 2.75) is 78.3 Å². The molecule has 0 aliphatic rings. The summed E-state index contributed by atoms with van der Waals surface area (Å²) in [6, 6.07) is 6.57. The molecule has 0 amide bonds. The molecule has 3 rings (SSSR count). The topological polar surface area (TPSA) is 68.8 Å². The molecule has 0 bridgehead atoms. The molecule has 3 N–H and O–H groups in total. The van der Waals surface area contributed by atoms with Gasteiger partial charge < -0.3 is 11.1 Å². The average Bonchev–Trinajstić information content (AvgIpc) is 3.07. The van der Waals surface area contributed by atoms with E-state index in [0.717, 1.165) is 48.8 Å². The average molecular weight is 382 g/mol. The summed E-state index contributed by atoms with van der Waals surface area (Å²) >= 11 is 0. The summed E-state index contributed by atoms with van der Waals surface area (Å²) in [7, 11) is 0. The molecule has 0 fully saturated rings. The lowest BCUT2D eigenvalue weighted by Gasteiger charge is -2.20. The maximum absolute atomic E-state index is 6.17. The minimum atomic E-state index is 0.208. The number of nitrogens with zero attached hydrogens (tertiary/aromatic N) is 3. The van der Waals surface area contributed by atoms with Gasteiger partial charge in [-0.3, -0.25) is 4.68 Å². The second-order valence-corrected chi connectivity index (χ2v) is 8.84. The molecule has 2 aromatic heterocycles. The smallest absolute Gasteiger partial charge is 0.152 e. The van der Waals surface area contributed by atoms with Gasteiger partial charge in [0.1, 0.15) is 5.52 Å². The van der Waals surface area contributed by atoms with Crippen LogP contribution in [0.3, 0.4) is 0 Å². The van der Waals surface area contributed by atoms with Gasteiger partial charge in [0.25, 0.3) is 0 Å². The first-order chi connectivity index (χ1) is 13.4. The Morgan fingerprint density at radius 3 is 2.64 bits per heavy atom. The van der Waals surface area contributed by atoms with Gasteiger partial charge in [-0.05, 0) is 70.7 Å². The number of rotatable bonds is 9. The van der Waals surface area contributed by atoms with Crippen LogP contribution in [0, 0.1) is 0 Å². The number of fused-ring (bicyclic) bond motifs is 3. The Morgan fingerprint density at radius 2 is 1.89 bits per heavy atom. The highest BCUT2D eigenvalue weighted by Gasteiger charge is 2.11. The lowest BCUT2D eigenvalue weighted by atomic mass is 10.0. The van der Waals surface area contributed by atoms with Crippen LogP contribution in [0.1, 0.15) is 65.4 Å². The largest absolute Gasteiger partial charge is 0.382 e. The Hall–Kier alpha value is -2.14. The summed E-state index contributed by atoms with van der Waals surface area (Å²) in [4.78, 5) is 4.58. The van der Waals surface area contributed by atoms with Crippen LogP contribution < -0.4 is 11.1 Å². The fourth-order valence-corrected chi connectivity index (χ4v) is 3.57. The van der Waals surface area contributed by atoms with E-state index < -0.39 is 0 Å². The van der Waals surface area contributed by atoms with E-state index in [4.69, 9.17) is 5.73 Å². The molecule has 3 aromatic rings. The van der Waals surface area contributed by atoms with Crippen LogP contribution in [0.15, 0.2) is 24.4 Å². The van der Waals surface area contributed by atoms with Crippen molar-refractivity contribution >= 4 is 27.6 Å². The van der Waals surface area contributed by atoms with Gasteiger partial charge in [-0.15, -0.1) is 0 Å². The zero-order valence-electron chi connectivity index (χ0n) is 17.9. The molecule has 28 heavy (non-hydrogen) atoms. The number of anilines is 1. The zero-order valence-corrected chi connectivity index (χ0v) is 17.9. The molecule has 5 nitrogen and oxygen atoms in total. The highest BCUT2D eigenvalue weighted by Crippen LogP contribution is 2.28. The second-order valence-electron chi connectivity index (χ2n) is 8.84. The van der Waals surface area contributed by atoms with Gasteiger partial charge in [-0.2, -0.15) is 5.10 Å². The van der Waals surface area contributed by atoms with E-state index >= 15 is 0 Å². The van der Waals surface area contributed by atoms with Crippen LogP contribution in [0.4, 0.5) is 5.82 Å². The Labute approximate surface area is 168 Å². The van der Waals surface area contributed by atoms with E-state index in [0.29, 0.717) is 5.82 Å². The van der Waals surface area contributed by atoms with Crippen molar-refractivity contribution in [1.29, 1.82) is 0 Å². The lowest BCUT2D eigenvalue weighted by Crippen LogP contribution is -2.36. The summed E-state index contributed by atoms with van der Waals surface area (Å²) in [5.74, 6) is 0.525. The number of hydrogen-bond acceptors (Lipinski definition) is 4. The summed E-state index contributed by atoms with van der Waals surface area (Å²) in [5, 5.41) is 10.5. The summed E-state index contributed by atoms with van der Waals surface area (Å²) < 4.78 is 2.01. The van der Waals surface area contributed by atoms with E-state index in [-0.39, 0.29) is 5.54 Å². The van der Waals surface area contributed by atoms with E-state index in [1.54, 1.807) is 0 Å². The minimum Gasteiger partial charge on any atom is -0.382 e. The fraction of sp³-hybridized carbons (Fsp3) is 0.565. The van der Waals surface area contributed by atoms with Crippen molar-refractivity contribution in [3.8, 4) is 0 Å². The molecule has 0 unspecified atom stereocenters. The third kappa shape index (κ3) is 5.22. The van der Waals surface area contributed by atoms with Crippen LogP contribution in [-0.2, 0) is 13.0 Å². The molecule has 0 spiro atoms. The normalized spacial score (nSPS) is 12.3. The van der Waals surface area contributed by atoms with Crippen LogP contribution in [0.5, 0.6) is 0 Å². The summed E-state index contributed by atoms with van der Waals surface area (Å²) in [6.45, 7) is 10.9. The van der Waals surface area contributed by atoms with Crippen molar-refractivity contribution in [2.75, 3.05) is 12.3 Å². The summed E-state index contributed by atoms with van der Waals surface area (Å²) in [5.41, 5.74) is 9.53. The molecular weight excluding hydrogens is 346 g/mol. The molecule has 152 valence electrons. The van der Waals surface area contributed by atoms with Gasteiger partial charge >= 0.3 is 0 Å². The number of aryl methyl sites for hydroxylation is 2. The first kappa shape index (κ1) is 20.6. The fourth-order valence-electron chi connectivity index (χ4n) is 3.57. The number of nitrogen functional groups attached to an aromatic ring is 1. The maximum atomic E-state index is 6.17. The molecule has 0 saturated carbocycles. The number of benzene rings is 1. The highest BCUT2D eigenvalue weighted by molar-refractivity contribution is 6.08. The van der Waals surface area contributed by atoms with Crippen molar-refractivity contribution in [1.82, 2.24) is 20.1 Å². The monoisotopic (exact) mass is 381 g/mol. The van der Waals surface area contributed by atoms with Crippen LogP contribution in [0.25, 0.3) is 21.8 Å². The van der Waals surface area contributed by atoms with E-state index in [2.05, 4.69) is 67.5 Å². The minimum absolute atomic E-state index is 0.208. The van der Waals surface area contributed by atoms with Gasteiger partial charge in [0.15, 0.2) is 5.82 Å². The molecule has 2 heterocycles. The number of aromatic nitrogens is 3. The second kappa shape index (κ2) is 8.91. The van der Waals surface area contributed by atoms with Gasteiger partial charge in [0.05, 0.1) is 5.52 Å². The third-order valence-electron chi connectivity index (χ3n) is 5.13. The first-order valence-electron chi connectivity index (χ1n) is 10.7. The predicted molar refractivity (Wildman–Crippen MR) is 120 cm³/mol. The van der Waals surface area contributed by atoms with Crippen molar-refractivity contribution in [2.24, 2.45) is 0 Å².